The topological polar surface area (TPSA) is 83.5 Å². The van der Waals surface area contributed by atoms with Crippen LogP contribution in [0.15, 0.2) is 35.3 Å². The average Bonchev–Trinajstić information content (AvgIpc) is 2.82. The Bertz CT molecular complexity index is 655. The number of hydrogen-bond acceptors (Lipinski definition) is 7. The number of hydrogen-bond donors (Lipinski definition) is 1. The molecule has 7 heteroatoms. The van der Waals surface area contributed by atoms with E-state index in [4.69, 9.17) is 23.7 Å². The van der Waals surface area contributed by atoms with Gasteiger partial charge in [-0.15, -0.1) is 0 Å². The number of esters is 1. The highest BCUT2D eigenvalue weighted by molar-refractivity contribution is 5.91. The normalized spacial score (nSPS) is 29.2. The lowest BCUT2D eigenvalue weighted by Gasteiger charge is -2.45. The summed E-state index contributed by atoms with van der Waals surface area (Å²) in [4.78, 5) is 12.4. The minimum Gasteiger partial charge on any atom is -0.495 e. The van der Waals surface area contributed by atoms with Gasteiger partial charge in [0.2, 0.25) is 0 Å². The highest BCUT2D eigenvalue weighted by Gasteiger charge is 2.58. The molecule has 7 nitrogen and oxygen atoms in total. The first-order valence-corrected chi connectivity index (χ1v) is 8.38. The van der Waals surface area contributed by atoms with E-state index in [0.717, 1.165) is 0 Å². The smallest absolute Gasteiger partial charge is 0.337 e. The van der Waals surface area contributed by atoms with Gasteiger partial charge in [-0.05, 0) is 19.1 Å². The van der Waals surface area contributed by atoms with Gasteiger partial charge in [0.25, 0.3) is 5.79 Å². The van der Waals surface area contributed by atoms with Gasteiger partial charge in [-0.25, -0.2) is 4.79 Å². The van der Waals surface area contributed by atoms with E-state index in [2.05, 4.69) is 0 Å². The van der Waals surface area contributed by atoms with Gasteiger partial charge in [0, 0.05) is 26.1 Å². The molecule has 1 aliphatic carbocycles. The van der Waals surface area contributed by atoms with Gasteiger partial charge in [0.05, 0.1) is 19.8 Å². The number of aliphatic hydroxyl groups is 1. The van der Waals surface area contributed by atoms with Crippen LogP contribution in [-0.4, -0.2) is 57.0 Å². The molecular weight excluding hydrogens is 340 g/mol. The lowest BCUT2D eigenvalue weighted by molar-refractivity contribution is -0.280. The maximum Gasteiger partial charge on any atom is 0.337 e. The molecule has 0 saturated heterocycles. The Kier molecular flexibility index (Phi) is 5.56. The van der Waals surface area contributed by atoms with Crippen molar-refractivity contribution in [3.8, 4) is 0 Å². The van der Waals surface area contributed by atoms with Crippen LogP contribution in [0.5, 0.6) is 0 Å². The number of carbonyl (C=O) groups is 1. The molecule has 0 bridgehead atoms. The number of rotatable bonds is 6. The van der Waals surface area contributed by atoms with Crippen molar-refractivity contribution >= 4 is 5.97 Å². The third-order valence-electron chi connectivity index (χ3n) is 5.39. The van der Waals surface area contributed by atoms with Gasteiger partial charge in [-0.3, -0.25) is 0 Å². The zero-order valence-electron chi connectivity index (χ0n) is 16.4. The maximum absolute atomic E-state index is 12.4. The van der Waals surface area contributed by atoms with Crippen molar-refractivity contribution in [2.24, 2.45) is 5.41 Å². The predicted octanol–water partition coefficient (Wildman–Crippen LogP) is 2.07. The van der Waals surface area contributed by atoms with E-state index < -0.39 is 22.8 Å². The van der Waals surface area contributed by atoms with Gasteiger partial charge in [-0.1, -0.05) is 19.9 Å². The van der Waals surface area contributed by atoms with Gasteiger partial charge < -0.3 is 28.8 Å². The van der Waals surface area contributed by atoms with E-state index in [1.807, 2.05) is 20.8 Å². The monoisotopic (exact) mass is 368 g/mol. The van der Waals surface area contributed by atoms with E-state index in [-0.39, 0.29) is 12.5 Å². The molecular formula is C19H28O7. The third kappa shape index (κ3) is 2.84. The van der Waals surface area contributed by atoms with Crippen LogP contribution in [-0.2, 0) is 28.5 Å². The summed E-state index contributed by atoms with van der Waals surface area (Å²) in [6, 6.07) is 0. The van der Waals surface area contributed by atoms with Crippen molar-refractivity contribution in [3.63, 3.8) is 0 Å². The largest absolute Gasteiger partial charge is 0.495 e. The maximum atomic E-state index is 12.4. The summed E-state index contributed by atoms with van der Waals surface area (Å²) in [6.45, 7) is 5.67. The summed E-state index contributed by atoms with van der Waals surface area (Å²) in [6.07, 6.45) is 4.53. The van der Waals surface area contributed by atoms with Crippen LogP contribution < -0.4 is 0 Å². The lowest BCUT2D eigenvalue weighted by atomic mass is 9.78. The second kappa shape index (κ2) is 7.06. The summed E-state index contributed by atoms with van der Waals surface area (Å²) < 4.78 is 27.3. The summed E-state index contributed by atoms with van der Waals surface area (Å²) in [5.74, 6) is -1.42. The van der Waals surface area contributed by atoms with E-state index >= 15 is 0 Å². The van der Waals surface area contributed by atoms with Crippen LogP contribution in [0.2, 0.25) is 0 Å². The summed E-state index contributed by atoms with van der Waals surface area (Å²) in [7, 11) is 5.62. The molecule has 0 spiro atoms. The van der Waals surface area contributed by atoms with Crippen molar-refractivity contribution in [2.75, 3.05) is 28.4 Å². The molecule has 0 fully saturated rings. The zero-order valence-corrected chi connectivity index (χ0v) is 16.4. The molecule has 0 aromatic heterocycles. The fourth-order valence-corrected chi connectivity index (χ4v) is 3.58. The zero-order chi connectivity index (χ0) is 19.8. The number of allylic oxidation sites excluding steroid dienone is 2. The van der Waals surface area contributed by atoms with Crippen LogP contribution in [0.3, 0.4) is 0 Å². The van der Waals surface area contributed by atoms with Crippen LogP contribution in [0.25, 0.3) is 0 Å². The predicted molar refractivity (Wildman–Crippen MR) is 93.9 cm³/mol. The molecule has 1 N–H and O–H groups in total. The first-order chi connectivity index (χ1) is 12.1. The second-order valence-corrected chi connectivity index (χ2v) is 6.99. The quantitative estimate of drug-likeness (QED) is 0.567. The Hall–Kier alpha value is -1.83. The van der Waals surface area contributed by atoms with E-state index in [0.29, 0.717) is 17.1 Å². The second-order valence-electron chi connectivity index (χ2n) is 6.99. The van der Waals surface area contributed by atoms with Crippen LogP contribution in [0.1, 0.15) is 27.2 Å². The third-order valence-corrected chi connectivity index (χ3v) is 5.39. The Balaban J connectivity index is 2.55. The van der Waals surface area contributed by atoms with Crippen LogP contribution >= 0.6 is 0 Å². The molecule has 0 amide bonds. The van der Waals surface area contributed by atoms with Gasteiger partial charge in [0.15, 0.2) is 11.4 Å². The van der Waals surface area contributed by atoms with Crippen LogP contribution in [0.4, 0.5) is 0 Å². The Morgan fingerprint density at radius 2 is 1.85 bits per heavy atom. The number of ether oxygens (including phenoxy) is 5. The fourth-order valence-electron chi connectivity index (χ4n) is 3.58. The first kappa shape index (κ1) is 20.5. The molecule has 1 aliphatic heterocycles. The molecule has 0 saturated carbocycles. The summed E-state index contributed by atoms with van der Waals surface area (Å²) >= 11 is 0. The van der Waals surface area contributed by atoms with Crippen molar-refractivity contribution in [1.29, 1.82) is 0 Å². The van der Waals surface area contributed by atoms with Crippen molar-refractivity contribution < 1.29 is 33.6 Å². The molecule has 2 aliphatic rings. The molecule has 1 heterocycles. The Morgan fingerprint density at radius 1 is 1.23 bits per heavy atom. The van der Waals surface area contributed by atoms with E-state index in [9.17, 15) is 9.90 Å². The lowest BCUT2D eigenvalue weighted by Crippen LogP contribution is -2.58. The molecule has 0 radical (unpaired) electrons. The molecule has 2 atom stereocenters. The van der Waals surface area contributed by atoms with Crippen molar-refractivity contribution in [3.05, 3.63) is 35.3 Å². The molecule has 0 aromatic rings. The van der Waals surface area contributed by atoms with Gasteiger partial charge in [-0.2, -0.15) is 0 Å². The molecule has 0 aromatic carbocycles. The molecule has 2 rings (SSSR count). The average molecular weight is 368 g/mol. The van der Waals surface area contributed by atoms with Crippen LogP contribution in [0, 0.1) is 5.41 Å². The highest BCUT2D eigenvalue weighted by atomic mass is 16.7. The SMILES string of the molecule is COC(=O)C1=C(CC2(O)C=CC=C(OC)C2(OC)OC)OC(C)C1(C)C. The van der Waals surface area contributed by atoms with Gasteiger partial charge >= 0.3 is 5.97 Å². The van der Waals surface area contributed by atoms with Gasteiger partial charge in [0.1, 0.15) is 11.9 Å². The fraction of sp³-hybridized carbons (Fsp3) is 0.632. The molecule has 26 heavy (non-hydrogen) atoms. The first-order valence-electron chi connectivity index (χ1n) is 8.38. The van der Waals surface area contributed by atoms with E-state index in [1.165, 1.54) is 28.4 Å². The Labute approximate surface area is 154 Å². The summed E-state index contributed by atoms with van der Waals surface area (Å²) in [5.41, 5.74) is -1.84. The minimum absolute atomic E-state index is 0.0515. The molecule has 2 unspecified atom stereocenters. The van der Waals surface area contributed by atoms with E-state index in [1.54, 1.807) is 18.2 Å². The molecule has 146 valence electrons. The number of methoxy groups -OCH3 is 4. The van der Waals surface area contributed by atoms with Crippen molar-refractivity contribution in [1.82, 2.24) is 0 Å². The Morgan fingerprint density at radius 3 is 2.35 bits per heavy atom. The standard InChI is InChI=1S/C19H28O7/c1-12-17(2,3)15(16(20)23-5)13(26-12)11-18(21)10-8-9-14(22-4)19(18,24-6)25-7/h8-10,12,21H,11H2,1-7H3. The van der Waals surface area contributed by atoms with Crippen molar-refractivity contribution in [2.45, 2.75) is 44.7 Å². The summed E-state index contributed by atoms with van der Waals surface area (Å²) in [5, 5.41) is 11.4. The highest BCUT2D eigenvalue weighted by Crippen LogP contribution is 2.48. The minimum atomic E-state index is -1.66. The number of carbonyl (C=O) groups excluding carboxylic acids is 1.